The van der Waals surface area contributed by atoms with Crippen LogP contribution >= 0.6 is 0 Å². The number of hydrogen-bond donors (Lipinski definition) is 0. The smallest absolute Gasteiger partial charge is 0.240 e. The zero-order valence-corrected chi connectivity index (χ0v) is 13.6. The van der Waals surface area contributed by atoms with E-state index in [0.29, 0.717) is 18.3 Å². The largest absolute Gasteiger partial charge is 0.439 e. The molecule has 3 rings (SSSR count). The van der Waals surface area contributed by atoms with Crippen LogP contribution in [0.1, 0.15) is 37.5 Å². The minimum Gasteiger partial charge on any atom is -0.439 e. The minimum absolute atomic E-state index is 0.00411. The van der Waals surface area contributed by atoms with Crippen LogP contribution in [0.4, 0.5) is 0 Å². The molecule has 23 heavy (non-hydrogen) atoms. The van der Waals surface area contributed by atoms with Crippen molar-refractivity contribution in [2.24, 2.45) is 0 Å². The number of aryl methyl sites for hydroxylation is 1. The molecule has 0 radical (unpaired) electrons. The van der Waals surface area contributed by atoms with Crippen molar-refractivity contribution in [2.75, 3.05) is 7.05 Å². The molecule has 0 N–H and O–H groups in total. The van der Waals surface area contributed by atoms with Gasteiger partial charge in [0, 0.05) is 12.0 Å². The third kappa shape index (κ3) is 3.48. The minimum atomic E-state index is 0.00411. The third-order valence-corrected chi connectivity index (χ3v) is 3.81. The highest BCUT2D eigenvalue weighted by molar-refractivity contribution is 5.55. The molecule has 0 saturated carbocycles. The summed E-state index contributed by atoms with van der Waals surface area (Å²) in [6.45, 7) is 4.59. The quantitative estimate of drug-likeness (QED) is 0.694. The molecule has 2 aromatic heterocycles. The number of aromatic nitrogens is 3. The lowest BCUT2D eigenvalue weighted by Gasteiger charge is -2.19. The summed E-state index contributed by atoms with van der Waals surface area (Å²) < 4.78 is 11.1. The summed E-state index contributed by atoms with van der Waals surface area (Å²) >= 11 is 0. The predicted octanol–water partition coefficient (Wildman–Crippen LogP) is 3.48. The van der Waals surface area contributed by atoms with Crippen molar-refractivity contribution in [2.45, 2.75) is 32.9 Å². The van der Waals surface area contributed by atoms with Gasteiger partial charge in [-0.25, -0.2) is 4.98 Å². The second-order valence-corrected chi connectivity index (χ2v) is 5.48. The van der Waals surface area contributed by atoms with Crippen molar-refractivity contribution >= 4 is 0 Å². The SMILES string of the molecule is CCc1noc(CN(C)C(C)c2ncc(-c3ccccc3)o2)n1. The van der Waals surface area contributed by atoms with Gasteiger partial charge < -0.3 is 8.94 Å². The molecule has 120 valence electrons. The molecule has 0 aliphatic rings. The highest BCUT2D eigenvalue weighted by Gasteiger charge is 2.20. The molecule has 6 heteroatoms. The molecule has 0 amide bonds. The Balaban J connectivity index is 1.70. The molecule has 0 aliphatic carbocycles. The first-order valence-corrected chi connectivity index (χ1v) is 7.70. The first-order valence-electron chi connectivity index (χ1n) is 7.70. The molecule has 0 bridgehead atoms. The fourth-order valence-corrected chi connectivity index (χ4v) is 2.25. The number of nitrogens with zero attached hydrogens (tertiary/aromatic N) is 4. The Labute approximate surface area is 135 Å². The summed E-state index contributed by atoms with van der Waals surface area (Å²) in [6, 6.07) is 9.95. The fraction of sp³-hybridized carbons (Fsp3) is 0.353. The lowest BCUT2D eigenvalue weighted by Crippen LogP contribution is -2.22. The number of oxazole rings is 1. The molecule has 0 spiro atoms. The van der Waals surface area contributed by atoms with Crippen LogP contribution in [0, 0.1) is 0 Å². The van der Waals surface area contributed by atoms with Crippen LogP contribution in [0.2, 0.25) is 0 Å². The molecule has 0 aliphatic heterocycles. The van der Waals surface area contributed by atoms with Crippen molar-refractivity contribution < 1.29 is 8.94 Å². The predicted molar refractivity (Wildman–Crippen MR) is 85.5 cm³/mol. The van der Waals surface area contributed by atoms with Crippen molar-refractivity contribution in [3.8, 4) is 11.3 Å². The van der Waals surface area contributed by atoms with Crippen molar-refractivity contribution in [3.05, 3.63) is 54.1 Å². The Kier molecular flexibility index (Phi) is 4.52. The first kappa shape index (κ1) is 15.4. The molecule has 1 atom stereocenters. The van der Waals surface area contributed by atoms with Crippen molar-refractivity contribution in [3.63, 3.8) is 0 Å². The summed E-state index contributed by atoms with van der Waals surface area (Å²) in [5.74, 6) is 2.77. The van der Waals surface area contributed by atoms with Gasteiger partial charge >= 0.3 is 0 Å². The number of rotatable bonds is 6. The first-order chi connectivity index (χ1) is 11.2. The van der Waals surface area contributed by atoms with Crippen LogP contribution < -0.4 is 0 Å². The van der Waals surface area contributed by atoms with E-state index in [9.17, 15) is 0 Å². The molecule has 0 fully saturated rings. The van der Waals surface area contributed by atoms with Gasteiger partial charge in [0.15, 0.2) is 11.6 Å². The Morgan fingerprint density at radius 2 is 2.00 bits per heavy atom. The van der Waals surface area contributed by atoms with E-state index in [1.165, 1.54) is 0 Å². The Hall–Kier alpha value is -2.47. The van der Waals surface area contributed by atoms with Crippen LogP contribution in [-0.2, 0) is 13.0 Å². The Morgan fingerprint density at radius 3 is 2.70 bits per heavy atom. The molecule has 3 aromatic rings. The summed E-state index contributed by atoms with van der Waals surface area (Å²) in [5.41, 5.74) is 1.02. The maximum atomic E-state index is 5.90. The van der Waals surface area contributed by atoms with Gasteiger partial charge in [-0.2, -0.15) is 4.98 Å². The van der Waals surface area contributed by atoms with Crippen LogP contribution in [0.3, 0.4) is 0 Å². The molecular formula is C17H20N4O2. The maximum Gasteiger partial charge on any atom is 0.240 e. The van der Waals surface area contributed by atoms with E-state index in [4.69, 9.17) is 8.94 Å². The molecule has 0 saturated heterocycles. The van der Waals surface area contributed by atoms with E-state index in [-0.39, 0.29) is 6.04 Å². The van der Waals surface area contributed by atoms with Crippen LogP contribution in [0.15, 0.2) is 45.5 Å². The summed E-state index contributed by atoms with van der Waals surface area (Å²) in [4.78, 5) is 10.8. The molecule has 6 nitrogen and oxygen atoms in total. The average Bonchev–Trinajstić information content (AvgIpc) is 3.24. The monoisotopic (exact) mass is 312 g/mol. The second-order valence-electron chi connectivity index (χ2n) is 5.48. The van der Waals surface area contributed by atoms with Gasteiger partial charge in [0.05, 0.1) is 18.8 Å². The lowest BCUT2D eigenvalue weighted by molar-refractivity contribution is 0.191. The topological polar surface area (TPSA) is 68.2 Å². The van der Waals surface area contributed by atoms with Crippen LogP contribution in [-0.4, -0.2) is 27.1 Å². The zero-order valence-electron chi connectivity index (χ0n) is 13.6. The summed E-state index contributed by atoms with van der Waals surface area (Å²) in [5, 5.41) is 3.91. The van der Waals surface area contributed by atoms with E-state index in [0.717, 1.165) is 23.6 Å². The summed E-state index contributed by atoms with van der Waals surface area (Å²) in [6.07, 6.45) is 2.53. The lowest BCUT2D eigenvalue weighted by atomic mass is 10.2. The van der Waals surface area contributed by atoms with E-state index in [2.05, 4.69) is 20.0 Å². The highest BCUT2D eigenvalue weighted by Crippen LogP contribution is 2.25. The van der Waals surface area contributed by atoms with E-state index in [1.54, 1.807) is 6.20 Å². The molecule has 1 unspecified atom stereocenters. The third-order valence-electron chi connectivity index (χ3n) is 3.81. The molecule has 2 heterocycles. The van der Waals surface area contributed by atoms with Gasteiger partial charge in [-0.1, -0.05) is 42.4 Å². The Morgan fingerprint density at radius 1 is 1.22 bits per heavy atom. The van der Waals surface area contributed by atoms with E-state index >= 15 is 0 Å². The highest BCUT2D eigenvalue weighted by atomic mass is 16.5. The van der Waals surface area contributed by atoms with Crippen LogP contribution in [0.5, 0.6) is 0 Å². The van der Waals surface area contributed by atoms with E-state index in [1.807, 2.05) is 51.2 Å². The van der Waals surface area contributed by atoms with Crippen molar-refractivity contribution in [1.82, 2.24) is 20.0 Å². The second kappa shape index (κ2) is 6.75. The van der Waals surface area contributed by atoms with Gasteiger partial charge in [-0.3, -0.25) is 4.90 Å². The normalized spacial score (nSPS) is 12.7. The maximum absolute atomic E-state index is 5.90. The van der Waals surface area contributed by atoms with Crippen molar-refractivity contribution in [1.29, 1.82) is 0 Å². The van der Waals surface area contributed by atoms with Gasteiger partial charge in [0.2, 0.25) is 11.8 Å². The Bertz CT molecular complexity index is 751. The fourth-order valence-electron chi connectivity index (χ4n) is 2.25. The number of benzene rings is 1. The summed E-state index contributed by atoms with van der Waals surface area (Å²) in [7, 11) is 1.98. The number of hydrogen-bond acceptors (Lipinski definition) is 6. The van der Waals surface area contributed by atoms with Gasteiger partial charge in [0.1, 0.15) is 0 Å². The standard InChI is InChI=1S/C17H20N4O2/c1-4-15-19-16(23-20-15)11-21(3)12(2)17-18-10-14(22-17)13-8-6-5-7-9-13/h5-10,12H,4,11H2,1-3H3. The average molecular weight is 312 g/mol. The van der Waals surface area contributed by atoms with Gasteiger partial charge in [0.25, 0.3) is 0 Å². The molecule has 1 aromatic carbocycles. The van der Waals surface area contributed by atoms with Crippen LogP contribution in [0.25, 0.3) is 11.3 Å². The van der Waals surface area contributed by atoms with Gasteiger partial charge in [-0.05, 0) is 14.0 Å². The molecular weight excluding hydrogens is 292 g/mol. The van der Waals surface area contributed by atoms with Gasteiger partial charge in [-0.15, -0.1) is 0 Å². The zero-order chi connectivity index (χ0) is 16.2. The van der Waals surface area contributed by atoms with E-state index < -0.39 is 0 Å².